The van der Waals surface area contributed by atoms with Gasteiger partial charge in [0, 0.05) is 58.0 Å². The summed E-state index contributed by atoms with van der Waals surface area (Å²) in [5.41, 5.74) is 2.80. The Morgan fingerprint density at radius 2 is 1.71 bits per heavy atom. The predicted octanol–water partition coefficient (Wildman–Crippen LogP) is 6.01. The first kappa shape index (κ1) is 26.3. The lowest BCUT2D eigenvalue weighted by Gasteiger charge is -2.15. The zero-order chi connectivity index (χ0) is 24.2. The molecule has 6 nitrogen and oxygen atoms in total. The van der Waals surface area contributed by atoms with Crippen LogP contribution in [0.2, 0.25) is 10.0 Å². The van der Waals surface area contributed by atoms with Crippen LogP contribution in [0.25, 0.3) is 0 Å². The first-order valence-electron chi connectivity index (χ1n) is 10.7. The second-order valence-corrected chi connectivity index (χ2v) is 8.77. The Hall–Kier alpha value is -3.35. The van der Waals surface area contributed by atoms with E-state index in [9.17, 15) is 9.59 Å². The van der Waals surface area contributed by atoms with Crippen molar-refractivity contribution in [3.63, 3.8) is 0 Å². The van der Waals surface area contributed by atoms with Gasteiger partial charge in [-0.25, -0.2) is 0 Å². The van der Waals surface area contributed by atoms with Gasteiger partial charge in [0.15, 0.2) is 5.78 Å². The molecule has 3 aromatic carbocycles. The summed E-state index contributed by atoms with van der Waals surface area (Å²) in [6, 6.07) is 17.2. The highest BCUT2D eigenvalue weighted by Gasteiger charge is 2.21. The Bertz CT molecular complexity index is 1260. The molecule has 0 saturated heterocycles. The van der Waals surface area contributed by atoms with Gasteiger partial charge in [-0.1, -0.05) is 54.9 Å². The number of ketones is 1. The summed E-state index contributed by atoms with van der Waals surface area (Å²) >= 11 is 12.2. The maximum Gasteiger partial charge on any atom is 0.256 e. The van der Waals surface area contributed by atoms with Crippen molar-refractivity contribution < 1.29 is 14.3 Å². The van der Waals surface area contributed by atoms with Crippen LogP contribution >= 0.6 is 23.2 Å². The zero-order valence-corrected chi connectivity index (χ0v) is 20.3. The van der Waals surface area contributed by atoms with E-state index in [1.165, 1.54) is 13.2 Å². The van der Waals surface area contributed by atoms with Crippen LogP contribution in [0.1, 0.15) is 39.3 Å². The monoisotopic (exact) mass is 511 g/mol. The van der Waals surface area contributed by atoms with Crippen LogP contribution in [0.3, 0.4) is 0 Å². The first-order chi connectivity index (χ1) is 16.4. The SMILES string of the molecule is C.COc1cc(Cl)cc(C(=O)Nc2ccc(Cl)cc2)c1CC(=O)c1ccc(C2=NCCN2C)cc1. The molecule has 35 heavy (non-hydrogen) atoms. The van der Waals surface area contributed by atoms with E-state index >= 15 is 0 Å². The Morgan fingerprint density at radius 1 is 1.03 bits per heavy atom. The summed E-state index contributed by atoms with van der Waals surface area (Å²) in [7, 11) is 3.47. The van der Waals surface area contributed by atoms with Crippen molar-refractivity contribution >= 4 is 46.4 Å². The minimum Gasteiger partial charge on any atom is -0.496 e. The van der Waals surface area contributed by atoms with Crippen LogP contribution in [-0.2, 0) is 6.42 Å². The van der Waals surface area contributed by atoms with Crippen molar-refractivity contribution in [1.29, 1.82) is 0 Å². The Morgan fingerprint density at radius 3 is 2.31 bits per heavy atom. The highest BCUT2D eigenvalue weighted by atomic mass is 35.5. The molecule has 0 spiro atoms. The van der Waals surface area contributed by atoms with Crippen molar-refractivity contribution in [3.8, 4) is 5.75 Å². The van der Waals surface area contributed by atoms with Gasteiger partial charge >= 0.3 is 0 Å². The highest BCUT2D eigenvalue weighted by Crippen LogP contribution is 2.30. The van der Waals surface area contributed by atoms with E-state index < -0.39 is 5.91 Å². The number of nitrogens with zero attached hydrogens (tertiary/aromatic N) is 2. The molecule has 1 aliphatic heterocycles. The molecule has 0 atom stereocenters. The number of benzene rings is 3. The van der Waals surface area contributed by atoms with Gasteiger partial charge in [0.1, 0.15) is 11.6 Å². The summed E-state index contributed by atoms with van der Waals surface area (Å²) < 4.78 is 5.46. The van der Waals surface area contributed by atoms with Crippen molar-refractivity contribution in [2.24, 2.45) is 4.99 Å². The molecule has 1 aliphatic rings. The van der Waals surface area contributed by atoms with E-state index in [-0.39, 0.29) is 25.2 Å². The first-order valence-corrected chi connectivity index (χ1v) is 11.4. The molecule has 182 valence electrons. The lowest BCUT2D eigenvalue weighted by Crippen LogP contribution is -2.23. The third-order valence-corrected chi connectivity index (χ3v) is 6.07. The van der Waals surface area contributed by atoms with Crippen molar-refractivity contribution in [3.05, 3.63) is 93.0 Å². The molecule has 3 aromatic rings. The van der Waals surface area contributed by atoms with Gasteiger partial charge < -0.3 is 15.0 Å². The Balaban J connectivity index is 0.00000342. The predicted molar refractivity (Wildman–Crippen MR) is 143 cm³/mol. The van der Waals surface area contributed by atoms with Gasteiger partial charge in [-0.05, 0) is 36.4 Å². The molecule has 0 fully saturated rings. The number of halogens is 2. The average Bonchev–Trinajstić information content (AvgIpc) is 3.27. The maximum atomic E-state index is 13.2. The van der Waals surface area contributed by atoms with E-state index in [1.54, 1.807) is 42.5 Å². The Kier molecular flexibility index (Phi) is 8.54. The molecule has 0 aliphatic carbocycles. The molecule has 0 saturated carbocycles. The highest BCUT2D eigenvalue weighted by molar-refractivity contribution is 6.31. The van der Waals surface area contributed by atoms with Crippen molar-refractivity contribution in [2.75, 3.05) is 32.6 Å². The molecule has 4 rings (SSSR count). The van der Waals surface area contributed by atoms with Crippen LogP contribution in [0.4, 0.5) is 5.69 Å². The number of carbonyl (C=O) groups is 2. The number of anilines is 1. The molecule has 0 radical (unpaired) electrons. The number of methoxy groups -OCH3 is 1. The van der Waals surface area contributed by atoms with E-state index in [4.69, 9.17) is 27.9 Å². The molecular weight excluding hydrogens is 485 g/mol. The molecule has 1 N–H and O–H groups in total. The molecule has 1 amide bonds. The number of aliphatic imine (C=N–C) groups is 1. The number of Topliss-reactive ketones (excluding diaryl/α,β-unsaturated/α-hetero) is 1. The van der Waals surface area contributed by atoms with Crippen molar-refractivity contribution in [1.82, 2.24) is 4.90 Å². The average molecular weight is 512 g/mol. The van der Waals surface area contributed by atoms with Gasteiger partial charge in [0.05, 0.1) is 13.7 Å². The van der Waals surface area contributed by atoms with E-state index in [0.29, 0.717) is 32.6 Å². The number of rotatable bonds is 7. The fourth-order valence-electron chi connectivity index (χ4n) is 3.82. The number of ether oxygens (including phenoxy) is 1. The third-order valence-electron chi connectivity index (χ3n) is 5.60. The van der Waals surface area contributed by atoms with Crippen LogP contribution in [-0.4, -0.2) is 49.7 Å². The van der Waals surface area contributed by atoms with Gasteiger partial charge in [0.2, 0.25) is 0 Å². The van der Waals surface area contributed by atoms with Crippen molar-refractivity contribution in [2.45, 2.75) is 13.8 Å². The van der Waals surface area contributed by atoms with E-state index in [0.717, 1.165) is 24.5 Å². The molecule has 0 unspecified atom stereocenters. The Labute approximate surface area is 215 Å². The molecular formula is C27H27Cl2N3O3. The fourth-order valence-corrected chi connectivity index (χ4v) is 4.16. The standard InChI is InChI=1S/C26H23Cl2N3O3.CH4/c1-31-12-11-29-25(31)17-5-3-16(4-6-17)23(32)15-21-22(13-19(28)14-24(21)34-2)26(33)30-20-9-7-18(27)8-10-20;/h3-10,13-14H,11-12,15H2,1-2H3,(H,30,33);1H4. The smallest absolute Gasteiger partial charge is 0.256 e. The molecule has 8 heteroatoms. The second kappa shape index (κ2) is 11.4. The number of nitrogens with one attached hydrogen (secondary N) is 1. The zero-order valence-electron chi connectivity index (χ0n) is 18.8. The third kappa shape index (κ3) is 6.02. The van der Waals surface area contributed by atoms with Gasteiger partial charge in [-0.3, -0.25) is 14.6 Å². The number of amidine groups is 1. The number of hydrogen-bond acceptors (Lipinski definition) is 5. The lowest BCUT2D eigenvalue weighted by molar-refractivity contribution is 0.0991. The largest absolute Gasteiger partial charge is 0.496 e. The summed E-state index contributed by atoms with van der Waals surface area (Å²) in [6.45, 7) is 1.65. The van der Waals surface area contributed by atoms with Crippen LogP contribution in [0.5, 0.6) is 5.75 Å². The summed E-state index contributed by atoms with van der Waals surface area (Å²) in [6.07, 6.45) is -0.0239. The van der Waals surface area contributed by atoms with Crippen LogP contribution in [0.15, 0.2) is 65.7 Å². The second-order valence-electron chi connectivity index (χ2n) is 7.90. The van der Waals surface area contributed by atoms with Gasteiger partial charge in [-0.2, -0.15) is 0 Å². The quantitative estimate of drug-likeness (QED) is 0.394. The van der Waals surface area contributed by atoms with Crippen LogP contribution < -0.4 is 10.1 Å². The molecule has 0 bridgehead atoms. The number of likely N-dealkylation sites (N-methyl/N-ethyl adjacent to an activating group) is 1. The normalized spacial score (nSPS) is 12.6. The number of amides is 1. The molecule has 0 aromatic heterocycles. The summed E-state index contributed by atoms with van der Waals surface area (Å²) in [5.74, 6) is 0.748. The topological polar surface area (TPSA) is 71.0 Å². The van der Waals surface area contributed by atoms with Gasteiger partial charge in [0.25, 0.3) is 5.91 Å². The van der Waals surface area contributed by atoms with E-state index in [2.05, 4.69) is 15.2 Å². The number of carbonyl (C=O) groups excluding carboxylic acids is 2. The summed E-state index contributed by atoms with van der Waals surface area (Å²) in [5, 5.41) is 3.71. The number of hydrogen-bond donors (Lipinski definition) is 1. The van der Waals surface area contributed by atoms with Crippen LogP contribution in [0, 0.1) is 0 Å². The van der Waals surface area contributed by atoms with E-state index in [1.807, 2.05) is 19.2 Å². The minimum absolute atomic E-state index is 0. The molecule has 1 heterocycles. The van der Waals surface area contributed by atoms with Gasteiger partial charge in [-0.15, -0.1) is 0 Å². The lowest BCUT2D eigenvalue weighted by atomic mass is 9.96. The fraction of sp³-hybridized carbons (Fsp3) is 0.222. The maximum absolute atomic E-state index is 13.2. The summed E-state index contributed by atoms with van der Waals surface area (Å²) in [4.78, 5) is 32.8. The minimum atomic E-state index is -0.399.